The molecule has 0 aliphatic rings. The summed E-state index contributed by atoms with van der Waals surface area (Å²) >= 11 is 3.36. The minimum atomic E-state index is -0.0206. The third kappa shape index (κ3) is 3.81. The molecular formula is C17H16BrNO. The van der Waals surface area contributed by atoms with Gasteiger partial charge in [-0.05, 0) is 30.2 Å². The quantitative estimate of drug-likeness (QED) is 0.629. The maximum atomic E-state index is 12.0. The first-order chi connectivity index (χ1) is 9.70. The molecule has 20 heavy (non-hydrogen) atoms. The number of allylic oxidation sites excluding steroid dienone is 1. The Hall–Kier alpha value is -1.87. The minimum Gasteiger partial charge on any atom is -0.361 e. The van der Waals surface area contributed by atoms with Crippen LogP contribution >= 0.6 is 15.9 Å². The van der Waals surface area contributed by atoms with E-state index in [0.717, 1.165) is 16.6 Å². The van der Waals surface area contributed by atoms with Crippen molar-refractivity contribution in [2.45, 2.75) is 13.3 Å². The number of carbonyl (C=O) groups excluding carboxylic acids is 1. The zero-order chi connectivity index (χ0) is 14.4. The molecule has 0 bridgehead atoms. The van der Waals surface area contributed by atoms with E-state index in [1.807, 2.05) is 36.4 Å². The van der Waals surface area contributed by atoms with Crippen molar-refractivity contribution in [1.82, 2.24) is 0 Å². The van der Waals surface area contributed by atoms with Gasteiger partial charge in [0.1, 0.15) is 0 Å². The molecule has 2 aromatic rings. The maximum Gasteiger partial charge on any atom is 0.187 e. The highest BCUT2D eigenvalue weighted by atomic mass is 79.9. The van der Waals surface area contributed by atoms with Crippen LogP contribution in [0, 0.1) is 0 Å². The number of anilines is 1. The molecular weight excluding hydrogens is 314 g/mol. The molecule has 0 aromatic heterocycles. The van der Waals surface area contributed by atoms with E-state index < -0.39 is 0 Å². The molecule has 3 heteroatoms. The Labute approximate surface area is 127 Å². The summed E-state index contributed by atoms with van der Waals surface area (Å²) in [6, 6.07) is 15.4. The average Bonchev–Trinajstić information content (AvgIpc) is 2.47. The SMILES string of the molecule is CCc1ccccc1N/C=C/C(=O)c1cccc(Br)c1. The number of hydrogen-bond acceptors (Lipinski definition) is 2. The lowest BCUT2D eigenvalue weighted by Gasteiger charge is -2.06. The summed E-state index contributed by atoms with van der Waals surface area (Å²) in [6.07, 6.45) is 4.20. The van der Waals surface area contributed by atoms with E-state index in [2.05, 4.69) is 34.2 Å². The second-order valence-corrected chi connectivity index (χ2v) is 5.28. The summed E-state index contributed by atoms with van der Waals surface area (Å²) in [5.41, 5.74) is 2.93. The van der Waals surface area contributed by atoms with Crippen LogP contribution < -0.4 is 5.32 Å². The van der Waals surface area contributed by atoms with Gasteiger partial charge in [-0.1, -0.05) is 53.2 Å². The molecule has 0 saturated heterocycles. The van der Waals surface area contributed by atoms with E-state index in [0.29, 0.717) is 5.56 Å². The highest BCUT2D eigenvalue weighted by Gasteiger charge is 2.02. The van der Waals surface area contributed by atoms with Crippen LogP contribution in [0.1, 0.15) is 22.8 Å². The molecule has 0 unspecified atom stereocenters. The average molecular weight is 330 g/mol. The lowest BCUT2D eigenvalue weighted by Crippen LogP contribution is -1.97. The first-order valence-corrected chi connectivity index (χ1v) is 7.31. The number of halogens is 1. The van der Waals surface area contributed by atoms with Gasteiger partial charge >= 0.3 is 0 Å². The predicted molar refractivity (Wildman–Crippen MR) is 87.1 cm³/mol. The highest BCUT2D eigenvalue weighted by molar-refractivity contribution is 9.10. The van der Waals surface area contributed by atoms with E-state index in [4.69, 9.17) is 0 Å². The van der Waals surface area contributed by atoms with Gasteiger partial charge in [-0.15, -0.1) is 0 Å². The highest BCUT2D eigenvalue weighted by Crippen LogP contribution is 2.16. The third-order valence-electron chi connectivity index (χ3n) is 2.98. The topological polar surface area (TPSA) is 29.1 Å². The number of hydrogen-bond donors (Lipinski definition) is 1. The number of benzene rings is 2. The summed E-state index contributed by atoms with van der Waals surface area (Å²) < 4.78 is 0.904. The number of para-hydroxylation sites is 1. The molecule has 0 amide bonds. The Kier molecular flexibility index (Phi) is 5.13. The number of aryl methyl sites for hydroxylation is 1. The summed E-state index contributed by atoms with van der Waals surface area (Å²) in [4.78, 5) is 12.0. The molecule has 0 spiro atoms. The van der Waals surface area contributed by atoms with E-state index in [1.54, 1.807) is 18.3 Å². The normalized spacial score (nSPS) is 10.7. The lowest BCUT2D eigenvalue weighted by molar-refractivity contribution is 0.104. The van der Waals surface area contributed by atoms with Crippen molar-refractivity contribution < 1.29 is 4.79 Å². The molecule has 2 rings (SSSR count). The second kappa shape index (κ2) is 7.06. The Morgan fingerprint density at radius 3 is 2.75 bits per heavy atom. The van der Waals surface area contributed by atoms with Crippen LogP contribution in [-0.4, -0.2) is 5.78 Å². The summed E-state index contributed by atoms with van der Waals surface area (Å²) in [7, 11) is 0. The maximum absolute atomic E-state index is 12.0. The number of rotatable bonds is 5. The number of carbonyl (C=O) groups is 1. The largest absolute Gasteiger partial charge is 0.361 e. The van der Waals surface area contributed by atoms with Gasteiger partial charge in [0, 0.05) is 28.0 Å². The monoisotopic (exact) mass is 329 g/mol. The van der Waals surface area contributed by atoms with Gasteiger partial charge < -0.3 is 5.32 Å². The van der Waals surface area contributed by atoms with E-state index in [1.165, 1.54) is 5.56 Å². The van der Waals surface area contributed by atoms with Crippen LogP contribution in [0.5, 0.6) is 0 Å². The van der Waals surface area contributed by atoms with Crippen LogP contribution in [0.2, 0.25) is 0 Å². The standard InChI is InChI=1S/C17H16BrNO/c1-2-13-6-3-4-9-16(13)19-11-10-17(20)14-7-5-8-15(18)12-14/h3-12,19H,2H2,1H3/b11-10+. The van der Waals surface area contributed by atoms with Crippen molar-refractivity contribution in [1.29, 1.82) is 0 Å². The summed E-state index contributed by atoms with van der Waals surface area (Å²) in [6.45, 7) is 2.11. The van der Waals surface area contributed by atoms with Gasteiger partial charge in [0.15, 0.2) is 5.78 Å². The molecule has 0 aliphatic heterocycles. The van der Waals surface area contributed by atoms with Crippen molar-refractivity contribution in [3.63, 3.8) is 0 Å². The molecule has 0 fully saturated rings. The van der Waals surface area contributed by atoms with Crippen molar-refractivity contribution >= 4 is 27.4 Å². The van der Waals surface area contributed by atoms with Crippen molar-refractivity contribution in [2.24, 2.45) is 0 Å². The molecule has 2 nitrogen and oxygen atoms in total. The molecule has 0 saturated carbocycles. The Morgan fingerprint density at radius 1 is 1.20 bits per heavy atom. The fourth-order valence-electron chi connectivity index (χ4n) is 1.91. The number of ketones is 1. The minimum absolute atomic E-state index is 0.0206. The molecule has 2 aromatic carbocycles. The van der Waals surface area contributed by atoms with Crippen molar-refractivity contribution in [3.05, 3.63) is 76.4 Å². The van der Waals surface area contributed by atoms with Gasteiger partial charge in [-0.3, -0.25) is 4.79 Å². The molecule has 0 atom stereocenters. The van der Waals surface area contributed by atoms with E-state index in [-0.39, 0.29) is 5.78 Å². The van der Waals surface area contributed by atoms with Crippen LogP contribution in [-0.2, 0) is 6.42 Å². The van der Waals surface area contributed by atoms with Crippen molar-refractivity contribution in [3.8, 4) is 0 Å². The predicted octanol–water partition coefficient (Wildman–Crippen LogP) is 4.82. The van der Waals surface area contributed by atoms with Crippen molar-refractivity contribution in [2.75, 3.05) is 5.32 Å². The first-order valence-electron chi connectivity index (χ1n) is 6.51. The Morgan fingerprint density at radius 2 is 2.00 bits per heavy atom. The Balaban J connectivity index is 2.05. The van der Waals surface area contributed by atoms with Crippen LogP contribution in [0.25, 0.3) is 0 Å². The van der Waals surface area contributed by atoms with Gasteiger partial charge in [0.25, 0.3) is 0 Å². The molecule has 0 aliphatic carbocycles. The van der Waals surface area contributed by atoms with Gasteiger partial charge in [-0.25, -0.2) is 0 Å². The van der Waals surface area contributed by atoms with Gasteiger partial charge in [-0.2, -0.15) is 0 Å². The molecule has 102 valence electrons. The third-order valence-corrected chi connectivity index (χ3v) is 3.47. The zero-order valence-electron chi connectivity index (χ0n) is 11.3. The van der Waals surface area contributed by atoms with E-state index in [9.17, 15) is 4.79 Å². The Bertz CT molecular complexity index is 634. The van der Waals surface area contributed by atoms with Gasteiger partial charge in [0.2, 0.25) is 0 Å². The van der Waals surface area contributed by atoms with Crippen LogP contribution in [0.15, 0.2) is 65.3 Å². The first kappa shape index (κ1) is 14.5. The molecule has 0 radical (unpaired) electrons. The van der Waals surface area contributed by atoms with Gasteiger partial charge in [0.05, 0.1) is 0 Å². The summed E-state index contributed by atoms with van der Waals surface area (Å²) in [5.74, 6) is -0.0206. The van der Waals surface area contributed by atoms with E-state index >= 15 is 0 Å². The molecule has 0 heterocycles. The fraction of sp³-hybridized carbons (Fsp3) is 0.118. The fourth-order valence-corrected chi connectivity index (χ4v) is 2.31. The zero-order valence-corrected chi connectivity index (χ0v) is 12.9. The van der Waals surface area contributed by atoms with Crippen LogP contribution in [0.3, 0.4) is 0 Å². The smallest absolute Gasteiger partial charge is 0.187 e. The second-order valence-electron chi connectivity index (χ2n) is 4.36. The summed E-state index contributed by atoms with van der Waals surface area (Å²) in [5, 5.41) is 3.17. The van der Waals surface area contributed by atoms with Crippen LogP contribution in [0.4, 0.5) is 5.69 Å². The molecule has 1 N–H and O–H groups in total. The lowest BCUT2D eigenvalue weighted by atomic mass is 10.1. The number of nitrogens with one attached hydrogen (secondary N) is 1.